The number of aliphatic hydroxyl groups is 2. The van der Waals surface area contributed by atoms with Crippen molar-refractivity contribution in [3.63, 3.8) is 0 Å². The molecule has 3 heterocycles. The number of fused-ring (bicyclic) bond motifs is 1. The zero-order valence-electron chi connectivity index (χ0n) is 13.8. The molecule has 4 rings (SSSR count). The molecule has 1 saturated carbocycles. The van der Waals surface area contributed by atoms with Gasteiger partial charge in [0.2, 0.25) is 0 Å². The number of imidazole rings is 1. The van der Waals surface area contributed by atoms with Crippen molar-refractivity contribution in [2.45, 2.75) is 56.3 Å². The monoisotopic (exact) mass is 364 g/mol. The van der Waals surface area contributed by atoms with E-state index in [1.54, 1.807) is 0 Å². The van der Waals surface area contributed by atoms with Crippen LogP contribution in [-0.2, 0) is 4.74 Å². The fourth-order valence-electron chi connectivity index (χ4n) is 3.42. The van der Waals surface area contributed by atoms with E-state index in [-0.39, 0.29) is 17.9 Å². The van der Waals surface area contributed by atoms with Gasteiger partial charge in [-0.3, -0.25) is 4.57 Å². The number of nitrogens with zero attached hydrogens (tertiary/aromatic N) is 5. The van der Waals surface area contributed by atoms with Crippen LogP contribution in [0.15, 0.2) is 11.5 Å². The highest BCUT2D eigenvalue weighted by Crippen LogP contribution is 2.32. The Balaban J connectivity index is 1.68. The van der Waals surface area contributed by atoms with Gasteiger partial charge in [-0.1, -0.05) is 5.16 Å². The maximum absolute atomic E-state index is 10.3. The van der Waals surface area contributed by atoms with Gasteiger partial charge in [0.15, 0.2) is 23.2 Å². The Morgan fingerprint density at radius 1 is 1.27 bits per heavy atom. The lowest BCUT2D eigenvalue weighted by molar-refractivity contribution is -0.0214. The van der Waals surface area contributed by atoms with Crippen molar-refractivity contribution in [2.75, 3.05) is 5.73 Å². The van der Waals surface area contributed by atoms with E-state index in [9.17, 15) is 10.2 Å². The molecule has 0 spiro atoms. The molecule has 2 aromatic heterocycles. The van der Waals surface area contributed by atoms with Crippen molar-refractivity contribution in [3.05, 3.63) is 6.33 Å². The lowest BCUT2D eigenvalue weighted by Crippen LogP contribution is -2.32. The molecule has 1 saturated heterocycles. The summed E-state index contributed by atoms with van der Waals surface area (Å²) in [5.41, 5.74) is 6.63. The van der Waals surface area contributed by atoms with Gasteiger partial charge in [-0.2, -0.15) is 9.97 Å². The van der Waals surface area contributed by atoms with Crippen molar-refractivity contribution < 1.29 is 24.9 Å². The first-order valence-corrected chi connectivity index (χ1v) is 8.44. The highest BCUT2D eigenvalue weighted by atomic mass is 16.6. The third kappa shape index (κ3) is 2.83. The van der Waals surface area contributed by atoms with Gasteiger partial charge in [0.25, 0.3) is 0 Å². The van der Waals surface area contributed by atoms with Gasteiger partial charge in [0, 0.05) is 0 Å². The van der Waals surface area contributed by atoms with Crippen molar-refractivity contribution >= 4 is 23.2 Å². The van der Waals surface area contributed by atoms with E-state index >= 15 is 0 Å². The Bertz CT molecular complexity index is 820. The summed E-state index contributed by atoms with van der Waals surface area (Å²) >= 11 is 0. The summed E-state index contributed by atoms with van der Waals surface area (Å²) in [6.45, 7) is 0. The summed E-state index contributed by atoms with van der Waals surface area (Å²) in [5, 5.41) is 31.8. The maximum atomic E-state index is 10.3. The van der Waals surface area contributed by atoms with Gasteiger partial charge >= 0.3 is 6.01 Å². The summed E-state index contributed by atoms with van der Waals surface area (Å²) in [6, 6.07) is 0.144. The van der Waals surface area contributed by atoms with Crippen LogP contribution in [0.3, 0.4) is 0 Å². The van der Waals surface area contributed by atoms with Crippen LogP contribution in [0.1, 0.15) is 31.9 Å². The van der Waals surface area contributed by atoms with Gasteiger partial charge in [-0.25, -0.2) is 4.98 Å². The molecule has 0 amide bonds. The Morgan fingerprint density at radius 3 is 2.77 bits per heavy atom. The smallest absolute Gasteiger partial charge is 0.320 e. The number of aromatic nitrogens is 4. The molecule has 1 aliphatic heterocycles. The fourth-order valence-corrected chi connectivity index (χ4v) is 3.42. The van der Waals surface area contributed by atoms with Crippen molar-refractivity contribution in [1.82, 2.24) is 19.5 Å². The van der Waals surface area contributed by atoms with Crippen molar-refractivity contribution in [2.24, 2.45) is 5.16 Å². The second-order valence-corrected chi connectivity index (χ2v) is 6.48. The zero-order valence-corrected chi connectivity index (χ0v) is 13.8. The molecule has 4 atom stereocenters. The Kier molecular flexibility index (Phi) is 4.34. The van der Waals surface area contributed by atoms with Gasteiger partial charge in [0.05, 0.1) is 12.5 Å². The van der Waals surface area contributed by atoms with E-state index < -0.39 is 24.5 Å². The average molecular weight is 364 g/mol. The third-order valence-electron chi connectivity index (χ3n) is 4.77. The summed E-state index contributed by atoms with van der Waals surface area (Å²) < 4.78 is 12.8. The molecule has 1 aliphatic carbocycles. The van der Waals surface area contributed by atoms with Gasteiger partial charge in [-0.15, -0.1) is 0 Å². The first kappa shape index (κ1) is 16.9. The molecule has 2 aliphatic rings. The summed E-state index contributed by atoms with van der Waals surface area (Å²) in [4.78, 5) is 12.7. The predicted octanol–water partition coefficient (Wildman–Crippen LogP) is -0.191. The number of ether oxygens (including phenoxy) is 2. The normalized spacial score (nSPS) is 29.9. The van der Waals surface area contributed by atoms with E-state index in [1.807, 2.05) is 0 Å². The second kappa shape index (κ2) is 6.67. The molecule has 0 bridgehead atoms. The number of nitrogens with two attached hydrogens (primary N) is 1. The highest BCUT2D eigenvalue weighted by molar-refractivity contribution is 5.82. The van der Waals surface area contributed by atoms with E-state index in [0.29, 0.717) is 11.2 Å². The lowest BCUT2D eigenvalue weighted by Gasteiger charge is -2.17. The molecule has 0 radical (unpaired) electrons. The summed E-state index contributed by atoms with van der Waals surface area (Å²) in [6.07, 6.45) is 2.08. The Hall–Kier alpha value is -2.50. The highest BCUT2D eigenvalue weighted by Gasteiger charge is 2.44. The molecule has 2 fully saturated rings. The Morgan fingerprint density at radius 2 is 2.04 bits per heavy atom. The molecule has 11 nitrogen and oxygen atoms in total. The van der Waals surface area contributed by atoms with Gasteiger partial charge in [0.1, 0.15) is 24.4 Å². The van der Waals surface area contributed by atoms with Crippen molar-refractivity contribution in [3.8, 4) is 6.01 Å². The van der Waals surface area contributed by atoms with E-state index in [4.69, 9.17) is 20.4 Å². The largest absolute Gasteiger partial charge is 0.460 e. The lowest BCUT2D eigenvalue weighted by atomic mass is 10.1. The molecule has 0 unspecified atom stereocenters. The number of aliphatic hydroxyl groups excluding tert-OH is 2. The van der Waals surface area contributed by atoms with E-state index in [2.05, 4.69) is 20.1 Å². The van der Waals surface area contributed by atoms with Crippen LogP contribution in [0, 0.1) is 0 Å². The average Bonchev–Trinajstić information content (AvgIpc) is 3.32. The molecule has 0 aromatic carbocycles. The number of anilines is 1. The van der Waals surface area contributed by atoms with E-state index in [0.717, 1.165) is 31.9 Å². The topological polar surface area (TPSA) is 161 Å². The number of nitrogen functional groups attached to an aromatic ring is 1. The number of rotatable bonds is 4. The van der Waals surface area contributed by atoms with Crippen LogP contribution in [0.2, 0.25) is 0 Å². The second-order valence-electron chi connectivity index (χ2n) is 6.48. The van der Waals surface area contributed by atoms with Crippen LogP contribution in [0.25, 0.3) is 11.2 Å². The first-order chi connectivity index (χ1) is 12.6. The zero-order chi connectivity index (χ0) is 18.3. The standard InChI is InChI=1S/C15H20N6O5/c16-12-9-13(20-15(19-12)25-7-3-1-2-4-7)21(6-17-9)14-11(23)10(22)8(26-14)5-18-24/h5-8,10-11,14,22-24H,1-4H2,(H2,16,19,20)/t8-,10+,11+,14+/m0/s1. The third-order valence-corrected chi connectivity index (χ3v) is 4.77. The quantitative estimate of drug-likeness (QED) is 0.327. The first-order valence-electron chi connectivity index (χ1n) is 8.44. The molecular weight excluding hydrogens is 344 g/mol. The molecule has 11 heteroatoms. The molecule has 5 N–H and O–H groups in total. The number of hydrogen-bond acceptors (Lipinski definition) is 10. The van der Waals surface area contributed by atoms with Crippen LogP contribution < -0.4 is 10.5 Å². The molecule has 140 valence electrons. The van der Waals surface area contributed by atoms with E-state index in [1.165, 1.54) is 10.9 Å². The fraction of sp³-hybridized carbons (Fsp3) is 0.600. The minimum atomic E-state index is -1.27. The molecule has 26 heavy (non-hydrogen) atoms. The van der Waals surface area contributed by atoms with Crippen LogP contribution in [0.4, 0.5) is 5.82 Å². The van der Waals surface area contributed by atoms with Gasteiger partial charge in [-0.05, 0) is 25.7 Å². The SMILES string of the molecule is Nc1nc(OC2CCCC2)nc2c1ncn2[C@@H]1O[C@@H](C=NO)[C@@H](O)[C@H]1O. The minimum absolute atomic E-state index is 0.0588. The summed E-state index contributed by atoms with van der Waals surface area (Å²) in [5.74, 6) is 0.156. The van der Waals surface area contributed by atoms with Gasteiger partial charge < -0.3 is 30.6 Å². The van der Waals surface area contributed by atoms with Crippen LogP contribution in [0.5, 0.6) is 6.01 Å². The predicted molar refractivity (Wildman–Crippen MR) is 88.8 cm³/mol. The molecular formula is C15H20N6O5. The number of hydrogen-bond donors (Lipinski definition) is 4. The van der Waals surface area contributed by atoms with Crippen LogP contribution in [-0.4, -0.2) is 65.6 Å². The minimum Gasteiger partial charge on any atom is -0.460 e. The summed E-state index contributed by atoms with van der Waals surface area (Å²) in [7, 11) is 0. The maximum Gasteiger partial charge on any atom is 0.320 e. The van der Waals surface area contributed by atoms with Crippen LogP contribution >= 0.6 is 0 Å². The molecule has 2 aromatic rings. The van der Waals surface area contributed by atoms with Crippen molar-refractivity contribution in [1.29, 1.82) is 0 Å². The Labute approximate surface area is 148 Å². The number of oxime groups is 1.